The molecule has 17 heavy (non-hydrogen) atoms. The smallest absolute Gasteiger partial charge is 0.307 e. The molecule has 0 radical (unpaired) electrons. The maximum Gasteiger partial charge on any atom is 0.307 e. The Morgan fingerprint density at radius 3 is 2.76 bits per heavy atom. The number of hydrogen-bond acceptors (Lipinski definition) is 3. The average Bonchev–Trinajstić information content (AvgIpc) is 2.32. The number of benzene rings is 1. The lowest BCUT2D eigenvalue weighted by Gasteiger charge is -2.30. The van der Waals surface area contributed by atoms with Gasteiger partial charge in [-0.1, -0.05) is 6.07 Å². The Balaban J connectivity index is 2.28. The number of ether oxygens (including phenoxy) is 1. The number of carboxylic acids is 1. The summed E-state index contributed by atoms with van der Waals surface area (Å²) in [6, 6.07) is 4.22. The molecule has 0 saturated carbocycles. The van der Waals surface area contributed by atoms with Gasteiger partial charge in [0, 0.05) is 18.8 Å². The highest BCUT2D eigenvalue weighted by Crippen LogP contribution is 2.23. The van der Waals surface area contributed by atoms with Crippen molar-refractivity contribution in [2.75, 3.05) is 31.2 Å². The minimum Gasteiger partial charge on any atom is -0.481 e. The maximum atomic E-state index is 13.2. The van der Waals surface area contributed by atoms with Crippen LogP contribution in [-0.2, 0) is 16.0 Å². The number of rotatable bonds is 3. The van der Waals surface area contributed by atoms with Crippen molar-refractivity contribution in [3.63, 3.8) is 0 Å². The zero-order valence-electron chi connectivity index (χ0n) is 9.36. The van der Waals surface area contributed by atoms with Gasteiger partial charge in [0.15, 0.2) is 0 Å². The molecule has 0 atom stereocenters. The van der Waals surface area contributed by atoms with Gasteiger partial charge in [0.1, 0.15) is 5.82 Å². The van der Waals surface area contributed by atoms with Gasteiger partial charge in [0.05, 0.1) is 19.6 Å². The molecule has 1 heterocycles. The maximum absolute atomic E-state index is 13.2. The SMILES string of the molecule is O=C(O)Cc1ccc(F)cc1N1CCOCC1. The fourth-order valence-corrected chi connectivity index (χ4v) is 1.95. The molecule has 0 aliphatic carbocycles. The van der Waals surface area contributed by atoms with Crippen LogP contribution in [-0.4, -0.2) is 37.4 Å². The Hall–Kier alpha value is -1.62. The Labute approximate surface area is 98.6 Å². The van der Waals surface area contributed by atoms with Crippen LogP contribution < -0.4 is 4.90 Å². The third kappa shape index (κ3) is 2.94. The van der Waals surface area contributed by atoms with Crippen LogP contribution in [0.1, 0.15) is 5.56 Å². The van der Waals surface area contributed by atoms with Gasteiger partial charge in [0.2, 0.25) is 0 Å². The number of aliphatic carboxylic acids is 1. The summed E-state index contributed by atoms with van der Waals surface area (Å²) < 4.78 is 18.5. The number of nitrogens with zero attached hydrogens (tertiary/aromatic N) is 1. The first-order valence-electron chi connectivity index (χ1n) is 5.50. The topological polar surface area (TPSA) is 49.8 Å². The lowest BCUT2D eigenvalue weighted by Crippen LogP contribution is -2.37. The van der Waals surface area contributed by atoms with Gasteiger partial charge in [-0.3, -0.25) is 4.79 Å². The van der Waals surface area contributed by atoms with Gasteiger partial charge in [-0.2, -0.15) is 0 Å². The predicted molar refractivity (Wildman–Crippen MR) is 60.8 cm³/mol. The Morgan fingerprint density at radius 1 is 1.41 bits per heavy atom. The molecular formula is C12H14FNO3. The van der Waals surface area contributed by atoms with Gasteiger partial charge < -0.3 is 14.7 Å². The van der Waals surface area contributed by atoms with Crippen LogP contribution in [0.5, 0.6) is 0 Å². The van der Waals surface area contributed by atoms with E-state index in [4.69, 9.17) is 9.84 Å². The highest BCUT2D eigenvalue weighted by molar-refractivity contribution is 5.73. The van der Waals surface area contributed by atoms with Crippen molar-refractivity contribution < 1.29 is 19.0 Å². The van der Waals surface area contributed by atoms with E-state index in [1.54, 1.807) is 0 Å². The quantitative estimate of drug-likeness (QED) is 0.863. The van der Waals surface area contributed by atoms with Crippen LogP contribution in [0.4, 0.5) is 10.1 Å². The number of hydrogen-bond donors (Lipinski definition) is 1. The number of carbonyl (C=O) groups is 1. The second kappa shape index (κ2) is 5.14. The van der Waals surface area contributed by atoms with E-state index in [1.165, 1.54) is 18.2 Å². The van der Waals surface area contributed by atoms with Gasteiger partial charge >= 0.3 is 5.97 Å². The van der Waals surface area contributed by atoms with Crippen molar-refractivity contribution in [1.29, 1.82) is 0 Å². The monoisotopic (exact) mass is 239 g/mol. The third-order valence-electron chi connectivity index (χ3n) is 2.74. The zero-order valence-corrected chi connectivity index (χ0v) is 9.36. The van der Waals surface area contributed by atoms with E-state index in [-0.39, 0.29) is 12.2 Å². The minimum absolute atomic E-state index is 0.0903. The summed E-state index contributed by atoms with van der Waals surface area (Å²) in [6.07, 6.45) is -0.0903. The van der Waals surface area contributed by atoms with E-state index >= 15 is 0 Å². The summed E-state index contributed by atoms with van der Waals surface area (Å²) in [7, 11) is 0. The molecule has 5 heteroatoms. The van der Waals surface area contributed by atoms with Crippen LogP contribution in [0, 0.1) is 5.82 Å². The number of anilines is 1. The van der Waals surface area contributed by atoms with E-state index in [2.05, 4.69) is 0 Å². The largest absolute Gasteiger partial charge is 0.481 e. The molecule has 0 aromatic heterocycles. The van der Waals surface area contributed by atoms with Gasteiger partial charge in [-0.25, -0.2) is 4.39 Å². The van der Waals surface area contributed by atoms with Crippen molar-refractivity contribution >= 4 is 11.7 Å². The van der Waals surface area contributed by atoms with Crippen LogP contribution in [0.2, 0.25) is 0 Å². The first kappa shape index (κ1) is 11.9. The lowest BCUT2D eigenvalue weighted by atomic mass is 10.1. The van der Waals surface area contributed by atoms with Crippen LogP contribution >= 0.6 is 0 Å². The summed E-state index contributed by atoms with van der Waals surface area (Å²) in [5, 5.41) is 8.82. The average molecular weight is 239 g/mol. The lowest BCUT2D eigenvalue weighted by molar-refractivity contribution is -0.136. The van der Waals surface area contributed by atoms with Crippen molar-refractivity contribution in [3.8, 4) is 0 Å². The molecule has 1 aromatic carbocycles. The molecule has 0 unspecified atom stereocenters. The van der Waals surface area contributed by atoms with Crippen LogP contribution in [0.15, 0.2) is 18.2 Å². The molecule has 0 bridgehead atoms. The molecule has 1 aliphatic heterocycles. The zero-order chi connectivity index (χ0) is 12.3. The highest BCUT2D eigenvalue weighted by Gasteiger charge is 2.16. The number of carboxylic acid groups (broad SMARTS) is 1. The fourth-order valence-electron chi connectivity index (χ4n) is 1.95. The van der Waals surface area contributed by atoms with E-state index in [1.807, 2.05) is 4.90 Å². The summed E-state index contributed by atoms with van der Waals surface area (Å²) in [5.41, 5.74) is 1.30. The molecule has 1 saturated heterocycles. The minimum atomic E-state index is -0.911. The number of morpholine rings is 1. The number of halogens is 1. The summed E-state index contributed by atoms with van der Waals surface area (Å²) in [6.45, 7) is 2.50. The third-order valence-corrected chi connectivity index (χ3v) is 2.74. The molecule has 92 valence electrons. The first-order chi connectivity index (χ1) is 8.16. The fraction of sp³-hybridized carbons (Fsp3) is 0.417. The van der Waals surface area contributed by atoms with Gasteiger partial charge in [-0.15, -0.1) is 0 Å². The van der Waals surface area contributed by atoms with E-state index in [9.17, 15) is 9.18 Å². The molecular weight excluding hydrogens is 225 g/mol. The first-order valence-corrected chi connectivity index (χ1v) is 5.50. The summed E-state index contributed by atoms with van der Waals surface area (Å²) in [5.74, 6) is -1.26. The highest BCUT2D eigenvalue weighted by atomic mass is 19.1. The van der Waals surface area contributed by atoms with Crippen LogP contribution in [0.25, 0.3) is 0 Å². The van der Waals surface area contributed by atoms with Crippen LogP contribution in [0.3, 0.4) is 0 Å². The molecule has 4 nitrogen and oxygen atoms in total. The summed E-state index contributed by atoms with van der Waals surface area (Å²) >= 11 is 0. The van der Waals surface area contributed by atoms with E-state index in [0.717, 1.165) is 0 Å². The summed E-state index contributed by atoms with van der Waals surface area (Å²) in [4.78, 5) is 12.7. The van der Waals surface area contributed by atoms with E-state index in [0.29, 0.717) is 37.6 Å². The van der Waals surface area contributed by atoms with E-state index < -0.39 is 5.97 Å². The molecule has 0 amide bonds. The normalized spacial score (nSPS) is 15.9. The van der Waals surface area contributed by atoms with Crippen molar-refractivity contribution in [3.05, 3.63) is 29.6 Å². The molecule has 1 N–H and O–H groups in total. The van der Waals surface area contributed by atoms with Gasteiger partial charge in [-0.05, 0) is 17.7 Å². The Bertz CT molecular complexity index is 416. The Morgan fingerprint density at radius 2 is 2.12 bits per heavy atom. The molecule has 1 aliphatic rings. The molecule has 1 fully saturated rings. The van der Waals surface area contributed by atoms with Crippen molar-refractivity contribution in [2.45, 2.75) is 6.42 Å². The van der Waals surface area contributed by atoms with Crippen molar-refractivity contribution in [1.82, 2.24) is 0 Å². The van der Waals surface area contributed by atoms with Gasteiger partial charge in [0.25, 0.3) is 0 Å². The Kier molecular flexibility index (Phi) is 3.58. The predicted octanol–water partition coefficient (Wildman–Crippen LogP) is 1.29. The molecule has 0 spiro atoms. The molecule has 1 aromatic rings. The molecule has 2 rings (SSSR count). The van der Waals surface area contributed by atoms with Crippen molar-refractivity contribution in [2.24, 2.45) is 0 Å². The second-order valence-corrected chi connectivity index (χ2v) is 3.94. The second-order valence-electron chi connectivity index (χ2n) is 3.94. The standard InChI is InChI=1S/C12H14FNO3/c13-10-2-1-9(7-12(15)16)11(8-10)14-3-5-17-6-4-14/h1-2,8H,3-7H2,(H,15,16).